The molecule has 0 unspecified atom stereocenters. The van der Waals surface area contributed by atoms with Crippen LogP contribution < -0.4 is 0 Å². The van der Waals surface area contributed by atoms with Crippen molar-refractivity contribution in [1.29, 1.82) is 0 Å². The van der Waals surface area contributed by atoms with Gasteiger partial charge in [-0.05, 0) is 11.4 Å². The van der Waals surface area contributed by atoms with Crippen LogP contribution in [0.2, 0.25) is 10.0 Å². The molecule has 0 bridgehead atoms. The highest BCUT2D eigenvalue weighted by Gasteiger charge is 2.09. The summed E-state index contributed by atoms with van der Waals surface area (Å²) in [4.78, 5) is 1.03. The van der Waals surface area contributed by atoms with E-state index < -0.39 is 0 Å². The molecule has 0 atom stereocenters. The van der Waals surface area contributed by atoms with Crippen molar-refractivity contribution in [2.75, 3.05) is 0 Å². The highest BCUT2D eigenvalue weighted by molar-refractivity contribution is 7.15. The Morgan fingerprint density at radius 1 is 1.33 bits per heavy atom. The zero-order valence-corrected chi connectivity index (χ0v) is 8.95. The van der Waals surface area contributed by atoms with Crippen molar-refractivity contribution in [1.82, 2.24) is 0 Å². The molecular weight excluding hydrogens is 231 g/mol. The topological polar surface area (TPSA) is 0 Å². The van der Waals surface area contributed by atoms with E-state index in [0.717, 1.165) is 15.5 Å². The Morgan fingerprint density at radius 2 is 2.17 bits per heavy atom. The highest BCUT2D eigenvalue weighted by atomic mass is 35.5. The third-order valence-electron chi connectivity index (χ3n) is 1.42. The second-order valence-electron chi connectivity index (χ2n) is 2.16. The summed E-state index contributed by atoms with van der Waals surface area (Å²) >= 11 is 14.9. The maximum absolute atomic E-state index is 5.95. The number of hydrogen-bond donors (Lipinski definition) is 0. The second-order valence-corrected chi connectivity index (χ2v) is 4.54. The molecule has 1 radical (unpaired) electrons. The SMILES string of the molecule is Clc1[c]scc1-c1sccc1Cl. The van der Waals surface area contributed by atoms with Crippen LogP contribution in [0.25, 0.3) is 10.4 Å². The first-order valence-corrected chi connectivity index (χ1v) is 5.68. The molecule has 0 aliphatic carbocycles. The summed E-state index contributed by atoms with van der Waals surface area (Å²) in [5.41, 5.74) is 0.988. The molecule has 12 heavy (non-hydrogen) atoms. The van der Waals surface area contributed by atoms with E-state index in [4.69, 9.17) is 23.2 Å². The van der Waals surface area contributed by atoms with Gasteiger partial charge in [0.2, 0.25) is 0 Å². The normalized spacial score (nSPS) is 10.5. The van der Waals surface area contributed by atoms with Crippen molar-refractivity contribution in [3.63, 3.8) is 0 Å². The van der Waals surface area contributed by atoms with Crippen molar-refractivity contribution in [3.05, 3.63) is 32.3 Å². The lowest BCUT2D eigenvalue weighted by Gasteiger charge is -1.93. The van der Waals surface area contributed by atoms with Gasteiger partial charge in [-0.2, -0.15) is 0 Å². The largest absolute Gasteiger partial charge is 0.142 e. The number of hydrogen-bond acceptors (Lipinski definition) is 2. The third kappa shape index (κ3) is 1.40. The Morgan fingerprint density at radius 3 is 2.67 bits per heavy atom. The lowest BCUT2D eigenvalue weighted by Crippen LogP contribution is -1.66. The fourth-order valence-electron chi connectivity index (χ4n) is 0.886. The van der Waals surface area contributed by atoms with Crippen LogP contribution in [0.5, 0.6) is 0 Å². The molecule has 0 spiro atoms. The van der Waals surface area contributed by atoms with Gasteiger partial charge in [0.05, 0.1) is 20.3 Å². The predicted molar refractivity (Wildman–Crippen MR) is 56.5 cm³/mol. The summed E-state index contributed by atoms with van der Waals surface area (Å²) in [7, 11) is 0. The van der Waals surface area contributed by atoms with Crippen LogP contribution in [-0.4, -0.2) is 0 Å². The minimum Gasteiger partial charge on any atom is -0.142 e. The van der Waals surface area contributed by atoms with Gasteiger partial charge in [-0.1, -0.05) is 23.2 Å². The standard InChI is InChI=1S/C8H3Cl2S2/c9-6-1-2-12-8(6)5-3-11-4-7(5)10/h1-3H. The average Bonchev–Trinajstić information content (AvgIpc) is 2.59. The average molecular weight is 234 g/mol. The molecule has 4 heteroatoms. The summed E-state index contributed by atoms with van der Waals surface area (Å²) in [5.74, 6) is 0. The quantitative estimate of drug-likeness (QED) is 0.677. The zero-order valence-electron chi connectivity index (χ0n) is 5.80. The smallest absolute Gasteiger partial charge is 0.0688 e. The van der Waals surface area contributed by atoms with E-state index in [-0.39, 0.29) is 0 Å². The zero-order chi connectivity index (χ0) is 8.55. The number of halogens is 2. The first-order valence-electron chi connectivity index (χ1n) is 3.17. The van der Waals surface area contributed by atoms with E-state index in [0.29, 0.717) is 5.02 Å². The summed E-state index contributed by atoms with van der Waals surface area (Å²) in [6, 6.07) is 1.87. The van der Waals surface area contributed by atoms with Gasteiger partial charge in [-0.25, -0.2) is 0 Å². The molecule has 0 N–H and O–H groups in total. The van der Waals surface area contributed by atoms with E-state index >= 15 is 0 Å². The van der Waals surface area contributed by atoms with Gasteiger partial charge in [0.15, 0.2) is 0 Å². The van der Waals surface area contributed by atoms with Crippen LogP contribution in [0, 0.1) is 5.38 Å². The Bertz CT molecular complexity index is 351. The lowest BCUT2D eigenvalue weighted by molar-refractivity contribution is 1.87. The number of rotatable bonds is 1. The van der Waals surface area contributed by atoms with E-state index in [2.05, 4.69) is 5.38 Å². The Hall–Kier alpha value is -0.0200. The van der Waals surface area contributed by atoms with Gasteiger partial charge >= 0.3 is 0 Å². The van der Waals surface area contributed by atoms with Crippen molar-refractivity contribution in [2.24, 2.45) is 0 Å². The van der Waals surface area contributed by atoms with E-state index in [9.17, 15) is 0 Å². The van der Waals surface area contributed by atoms with Gasteiger partial charge in [0, 0.05) is 10.9 Å². The molecule has 2 aromatic heterocycles. The van der Waals surface area contributed by atoms with Crippen LogP contribution in [0.3, 0.4) is 0 Å². The molecular formula is C8H3Cl2S2. The third-order valence-corrected chi connectivity index (χ3v) is 3.88. The van der Waals surface area contributed by atoms with E-state index in [1.807, 2.05) is 16.8 Å². The Kier molecular flexibility index (Phi) is 2.42. The minimum atomic E-state index is 0.657. The molecule has 0 nitrogen and oxygen atoms in total. The second kappa shape index (κ2) is 3.38. The maximum Gasteiger partial charge on any atom is 0.0688 e. The molecule has 0 aliphatic heterocycles. The molecule has 0 saturated heterocycles. The van der Waals surface area contributed by atoms with Crippen LogP contribution in [0.15, 0.2) is 16.8 Å². The van der Waals surface area contributed by atoms with E-state index in [1.54, 1.807) is 11.3 Å². The molecule has 0 fully saturated rings. The first-order chi connectivity index (χ1) is 5.79. The van der Waals surface area contributed by atoms with Gasteiger partial charge in [-0.3, -0.25) is 0 Å². The summed E-state index contributed by atoms with van der Waals surface area (Å²) in [5, 5.41) is 8.26. The fraction of sp³-hybridized carbons (Fsp3) is 0. The first kappa shape index (κ1) is 8.57. The van der Waals surface area contributed by atoms with Gasteiger partial charge in [0.25, 0.3) is 0 Å². The molecule has 0 saturated carbocycles. The van der Waals surface area contributed by atoms with Crippen molar-refractivity contribution >= 4 is 45.9 Å². The van der Waals surface area contributed by atoms with Crippen molar-refractivity contribution in [3.8, 4) is 10.4 Å². The van der Waals surface area contributed by atoms with Crippen molar-refractivity contribution < 1.29 is 0 Å². The fourth-order valence-corrected chi connectivity index (χ4v) is 3.17. The summed E-state index contributed by atoms with van der Waals surface area (Å²) in [6.45, 7) is 0. The molecule has 0 aromatic carbocycles. The predicted octanol–water partition coefficient (Wildman–Crippen LogP) is 4.58. The van der Waals surface area contributed by atoms with Gasteiger partial charge in [0.1, 0.15) is 0 Å². The van der Waals surface area contributed by atoms with Crippen LogP contribution in [0.1, 0.15) is 0 Å². The summed E-state index contributed by atoms with van der Waals surface area (Å²) < 4.78 is 0. The van der Waals surface area contributed by atoms with Gasteiger partial charge < -0.3 is 0 Å². The molecule has 2 heterocycles. The van der Waals surface area contributed by atoms with Crippen molar-refractivity contribution in [2.45, 2.75) is 0 Å². The molecule has 61 valence electrons. The Balaban J connectivity index is 2.57. The monoisotopic (exact) mass is 233 g/mol. The van der Waals surface area contributed by atoms with Crippen LogP contribution >= 0.6 is 45.9 Å². The van der Waals surface area contributed by atoms with E-state index in [1.165, 1.54) is 11.3 Å². The molecule has 2 rings (SSSR count). The molecule has 2 aromatic rings. The minimum absolute atomic E-state index is 0.657. The van der Waals surface area contributed by atoms with Crippen LogP contribution in [-0.2, 0) is 0 Å². The van der Waals surface area contributed by atoms with Crippen LogP contribution in [0.4, 0.5) is 0 Å². The number of thiophene rings is 2. The Labute approximate surface area is 88.4 Å². The molecule has 0 amide bonds. The lowest BCUT2D eigenvalue weighted by atomic mass is 10.3. The summed E-state index contributed by atoms with van der Waals surface area (Å²) in [6.07, 6.45) is 0. The molecule has 0 aliphatic rings. The highest BCUT2D eigenvalue weighted by Crippen LogP contribution is 2.38. The van der Waals surface area contributed by atoms with Gasteiger partial charge in [-0.15, -0.1) is 22.7 Å². The maximum atomic E-state index is 5.95.